The Balaban J connectivity index is 2.36. The van der Waals surface area contributed by atoms with Crippen LogP contribution in [0.25, 0.3) is 6.08 Å². The third-order valence-electron chi connectivity index (χ3n) is 5.03. The molecule has 0 aliphatic carbocycles. The van der Waals surface area contributed by atoms with Crippen LogP contribution in [0.15, 0.2) is 41.6 Å². The first-order valence-corrected chi connectivity index (χ1v) is 13.4. The van der Waals surface area contributed by atoms with Gasteiger partial charge in [-0.15, -0.1) is 0 Å². The first-order chi connectivity index (χ1) is 18.6. The van der Waals surface area contributed by atoms with E-state index in [1.807, 2.05) is 0 Å². The number of rotatable bonds is 14. The first kappa shape index (κ1) is 31.0. The summed E-state index contributed by atoms with van der Waals surface area (Å²) >= 11 is 0. The Hall–Kier alpha value is -4.26. The number of methoxy groups -OCH3 is 4. The summed E-state index contributed by atoms with van der Waals surface area (Å²) in [4.78, 5) is 28.6. The minimum Gasteiger partial charge on any atom is -0.496 e. The fraction of sp³-hybridized carbons (Fsp3) is 0.346. The van der Waals surface area contributed by atoms with E-state index in [2.05, 4.69) is 10.3 Å². The van der Waals surface area contributed by atoms with E-state index in [1.54, 1.807) is 26.0 Å². The molecule has 0 fully saturated rings. The summed E-state index contributed by atoms with van der Waals surface area (Å²) < 4.78 is 56.8. The number of hydrogen-bond acceptors (Lipinski definition) is 12. The van der Waals surface area contributed by atoms with Crippen molar-refractivity contribution in [3.63, 3.8) is 0 Å². The molecule has 0 spiro atoms. The molecule has 0 amide bonds. The van der Waals surface area contributed by atoms with Crippen molar-refractivity contribution in [1.82, 2.24) is 4.98 Å². The van der Waals surface area contributed by atoms with Gasteiger partial charge in [0, 0.05) is 29.9 Å². The van der Waals surface area contributed by atoms with Crippen molar-refractivity contribution < 1.29 is 46.4 Å². The van der Waals surface area contributed by atoms with Gasteiger partial charge in [-0.1, -0.05) is 0 Å². The van der Waals surface area contributed by atoms with Crippen LogP contribution >= 0.6 is 0 Å². The van der Waals surface area contributed by atoms with Gasteiger partial charge in [0.25, 0.3) is 0 Å². The molecular weight excluding hydrogens is 532 g/mol. The minimum absolute atomic E-state index is 0.0512. The monoisotopic (exact) mass is 564 g/mol. The van der Waals surface area contributed by atoms with Gasteiger partial charge in [-0.25, -0.2) is 23.0 Å². The highest BCUT2D eigenvalue weighted by Crippen LogP contribution is 2.35. The number of sulfone groups is 1. The second-order valence-corrected chi connectivity index (χ2v) is 9.49. The standard InChI is InChI=1S/C26H32N2O10S/c1-7-37-25(29)20(26(30)38-8-2)15-27-21-11-17(14-28-24(21)36-6)16-39(31,32)10-9-19-22(34-4)12-18(33-3)13-23(19)35-5/h9-15,27H,7-8,16H2,1-6H3/b10-9+. The van der Waals surface area contributed by atoms with E-state index >= 15 is 0 Å². The van der Waals surface area contributed by atoms with Gasteiger partial charge in [-0.05, 0) is 31.6 Å². The number of ether oxygens (including phenoxy) is 6. The summed E-state index contributed by atoms with van der Waals surface area (Å²) in [5.74, 6) is -0.879. The van der Waals surface area contributed by atoms with Crippen molar-refractivity contribution in [1.29, 1.82) is 0 Å². The Morgan fingerprint density at radius 1 is 0.897 bits per heavy atom. The lowest BCUT2D eigenvalue weighted by molar-refractivity contribution is -0.146. The molecule has 0 aliphatic heterocycles. The smallest absolute Gasteiger partial charge is 0.347 e. The number of esters is 2. The minimum atomic E-state index is -3.80. The van der Waals surface area contributed by atoms with Crippen molar-refractivity contribution in [2.75, 3.05) is 47.0 Å². The topological polar surface area (TPSA) is 149 Å². The average Bonchev–Trinajstić information content (AvgIpc) is 2.91. The lowest BCUT2D eigenvalue weighted by atomic mass is 10.1. The highest BCUT2D eigenvalue weighted by Gasteiger charge is 2.22. The van der Waals surface area contributed by atoms with Gasteiger partial charge >= 0.3 is 11.9 Å². The number of carbonyl (C=O) groups excluding carboxylic acids is 2. The van der Waals surface area contributed by atoms with Crippen LogP contribution in [0.4, 0.5) is 5.69 Å². The number of nitrogens with zero attached hydrogens (tertiary/aromatic N) is 1. The van der Waals surface area contributed by atoms with Crippen molar-refractivity contribution in [3.8, 4) is 23.1 Å². The number of anilines is 1. The number of benzene rings is 1. The summed E-state index contributed by atoms with van der Waals surface area (Å²) in [6.07, 6.45) is 3.80. The van der Waals surface area contributed by atoms with Gasteiger partial charge in [0.05, 0.1) is 53.0 Å². The third kappa shape index (κ3) is 8.64. The molecule has 1 heterocycles. The largest absolute Gasteiger partial charge is 0.496 e. The molecule has 12 nitrogen and oxygen atoms in total. The zero-order valence-electron chi connectivity index (χ0n) is 22.6. The Morgan fingerprint density at radius 3 is 1.97 bits per heavy atom. The van der Waals surface area contributed by atoms with E-state index < -0.39 is 27.5 Å². The Kier molecular flexibility index (Phi) is 11.6. The van der Waals surface area contributed by atoms with Gasteiger partial charge < -0.3 is 33.7 Å². The number of nitrogens with one attached hydrogen (secondary N) is 1. The predicted molar refractivity (Wildman–Crippen MR) is 144 cm³/mol. The van der Waals surface area contributed by atoms with Gasteiger partial charge in [0.2, 0.25) is 5.88 Å². The van der Waals surface area contributed by atoms with Gasteiger partial charge in [-0.2, -0.15) is 0 Å². The Labute approximate surface area is 227 Å². The maximum absolute atomic E-state index is 12.9. The second-order valence-electron chi connectivity index (χ2n) is 7.60. The molecule has 2 aromatic rings. The maximum atomic E-state index is 12.9. The summed E-state index contributed by atoms with van der Waals surface area (Å²) in [6.45, 7) is 3.30. The van der Waals surface area contributed by atoms with Crippen LogP contribution in [0, 0.1) is 0 Å². The normalized spacial score (nSPS) is 10.9. The molecule has 1 N–H and O–H groups in total. The van der Waals surface area contributed by atoms with Gasteiger partial charge in [0.15, 0.2) is 15.4 Å². The van der Waals surface area contributed by atoms with Crippen LogP contribution in [-0.2, 0) is 34.7 Å². The molecule has 212 valence electrons. The highest BCUT2D eigenvalue weighted by atomic mass is 32.2. The maximum Gasteiger partial charge on any atom is 0.347 e. The SMILES string of the molecule is CCOC(=O)C(=CNc1cc(CS(=O)(=O)/C=C/c2c(OC)cc(OC)cc2OC)cnc1OC)C(=O)OCC. The van der Waals surface area contributed by atoms with Crippen LogP contribution in [0.1, 0.15) is 25.0 Å². The van der Waals surface area contributed by atoms with E-state index in [4.69, 9.17) is 28.4 Å². The second kappa shape index (κ2) is 14.6. The Bertz CT molecular complexity index is 1290. The van der Waals surface area contributed by atoms with Crippen LogP contribution in [0.2, 0.25) is 0 Å². The summed E-state index contributed by atoms with van der Waals surface area (Å²) in [5.41, 5.74) is 0.539. The van der Waals surface area contributed by atoms with Crippen LogP contribution < -0.4 is 24.3 Å². The summed E-state index contributed by atoms with van der Waals surface area (Å²) in [6, 6.07) is 4.68. The van der Waals surface area contributed by atoms with E-state index in [9.17, 15) is 18.0 Å². The molecular formula is C26H32N2O10S. The Morgan fingerprint density at radius 2 is 1.49 bits per heavy atom. The molecule has 0 radical (unpaired) electrons. The quantitative estimate of drug-likeness (QED) is 0.155. The van der Waals surface area contributed by atoms with Gasteiger partial charge in [0.1, 0.15) is 22.9 Å². The number of hydrogen-bond donors (Lipinski definition) is 1. The van der Waals surface area contributed by atoms with Crippen molar-refractivity contribution >= 4 is 33.5 Å². The number of pyridine rings is 1. The van der Waals surface area contributed by atoms with Crippen molar-refractivity contribution in [2.24, 2.45) is 0 Å². The fourth-order valence-corrected chi connectivity index (χ4v) is 4.32. The molecule has 0 saturated carbocycles. The van der Waals surface area contributed by atoms with Crippen LogP contribution in [0.3, 0.4) is 0 Å². The van der Waals surface area contributed by atoms with E-state index in [-0.39, 0.29) is 30.4 Å². The number of aromatic nitrogens is 1. The molecule has 13 heteroatoms. The van der Waals surface area contributed by atoms with Crippen LogP contribution in [0.5, 0.6) is 23.1 Å². The number of carbonyl (C=O) groups is 2. The molecule has 1 aromatic heterocycles. The first-order valence-electron chi connectivity index (χ1n) is 11.7. The predicted octanol–water partition coefficient (Wildman–Crippen LogP) is 3.12. The van der Waals surface area contributed by atoms with E-state index in [0.29, 0.717) is 28.4 Å². The van der Waals surface area contributed by atoms with Crippen molar-refractivity contribution in [2.45, 2.75) is 19.6 Å². The molecule has 0 unspecified atom stereocenters. The molecule has 0 aliphatic rings. The highest BCUT2D eigenvalue weighted by molar-refractivity contribution is 7.93. The van der Waals surface area contributed by atoms with E-state index in [0.717, 1.165) is 11.6 Å². The summed E-state index contributed by atoms with van der Waals surface area (Å²) in [5, 5.41) is 3.80. The molecule has 2 rings (SSSR count). The molecule has 0 saturated heterocycles. The van der Waals surface area contributed by atoms with Gasteiger partial charge in [-0.3, -0.25) is 0 Å². The fourth-order valence-electron chi connectivity index (χ4n) is 3.26. The zero-order valence-corrected chi connectivity index (χ0v) is 23.4. The lowest BCUT2D eigenvalue weighted by Crippen LogP contribution is -2.19. The van der Waals surface area contributed by atoms with Crippen molar-refractivity contribution in [3.05, 3.63) is 52.7 Å². The van der Waals surface area contributed by atoms with Crippen LogP contribution in [-0.4, -0.2) is 67.0 Å². The third-order valence-corrected chi connectivity index (χ3v) is 6.31. The lowest BCUT2D eigenvalue weighted by Gasteiger charge is -2.12. The molecule has 0 atom stereocenters. The molecule has 0 bridgehead atoms. The molecule has 39 heavy (non-hydrogen) atoms. The van der Waals surface area contributed by atoms with E-state index in [1.165, 1.54) is 46.8 Å². The zero-order chi connectivity index (χ0) is 29.0. The average molecular weight is 565 g/mol. The molecule has 1 aromatic carbocycles. The summed E-state index contributed by atoms with van der Waals surface area (Å²) in [7, 11) is 1.94.